The van der Waals surface area contributed by atoms with Crippen LogP contribution in [-0.2, 0) is 10.2 Å². The van der Waals surface area contributed by atoms with Gasteiger partial charge >= 0.3 is 0 Å². The normalized spacial score (nSPS) is 27.1. The second-order valence-corrected chi connectivity index (χ2v) is 8.26. The number of nitrogens with one attached hydrogen (secondary N) is 1. The van der Waals surface area contributed by atoms with Crippen LogP contribution in [0, 0.1) is 5.92 Å². The van der Waals surface area contributed by atoms with E-state index in [0.717, 1.165) is 32.2 Å². The third-order valence-corrected chi connectivity index (χ3v) is 6.17. The van der Waals surface area contributed by atoms with Crippen LogP contribution in [0.5, 0.6) is 0 Å². The molecule has 0 unspecified atom stereocenters. The van der Waals surface area contributed by atoms with Crippen LogP contribution in [0.3, 0.4) is 0 Å². The molecule has 2 aliphatic heterocycles. The van der Waals surface area contributed by atoms with Crippen molar-refractivity contribution in [3.05, 3.63) is 18.5 Å². The number of piperidine rings is 2. The molecule has 1 aromatic heterocycles. The lowest BCUT2D eigenvalue weighted by Crippen LogP contribution is -2.53. The summed E-state index contributed by atoms with van der Waals surface area (Å²) in [7, 11) is -3.41. The molecule has 0 radical (unpaired) electrons. The van der Waals surface area contributed by atoms with Gasteiger partial charge in [0.05, 0.1) is 0 Å². The van der Waals surface area contributed by atoms with Crippen molar-refractivity contribution in [3.63, 3.8) is 0 Å². The lowest BCUT2D eigenvalue weighted by Gasteiger charge is -2.35. The average Bonchev–Trinajstić information content (AvgIpc) is 2.55. The Morgan fingerprint density at radius 2 is 1.87 bits per heavy atom. The molecule has 1 N–H and O–H groups in total. The first-order valence-electron chi connectivity index (χ1n) is 8.34. The van der Waals surface area contributed by atoms with Crippen LogP contribution < -0.4 is 9.62 Å². The minimum atomic E-state index is -3.41. The molecule has 8 heteroatoms. The number of nitrogens with zero attached hydrogens (tertiary/aromatic N) is 4. The Balaban J connectivity index is 1.63. The van der Waals surface area contributed by atoms with Crippen LogP contribution >= 0.6 is 0 Å². The Kier molecular flexibility index (Phi) is 5.13. The van der Waals surface area contributed by atoms with Crippen molar-refractivity contribution >= 4 is 16.2 Å². The van der Waals surface area contributed by atoms with Crippen LogP contribution in [0.25, 0.3) is 0 Å². The summed E-state index contributed by atoms with van der Waals surface area (Å²) < 4.78 is 29.7. The number of rotatable bonds is 4. The van der Waals surface area contributed by atoms with E-state index in [4.69, 9.17) is 0 Å². The molecule has 3 rings (SSSR count). The third kappa shape index (κ3) is 4.19. The maximum atomic E-state index is 12.6. The highest BCUT2D eigenvalue weighted by Crippen LogP contribution is 2.20. The van der Waals surface area contributed by atoms with Gasteiger partial charge in [0, 0.05) is 44.6 Å². The van der Waals surface area contributed by atoms with Gasteiger partial charge in [0.1, 0.15) is 0 Å². The van der Waals surface area contributed by atoms with E-state index in [0.29, 0.717) is 31.5 Å². The standard InChI is InChI=1S/C15H25N5O2S/c1-13-5-2-10-20(11-13)23(21,22)18-14-6-3-9-19(12-14)15-16-7-4-8-17-15/h4,7-8,13-14,18H,2-3,5-6,9-12H2,1H3/t13-,14+/m0/s1. The van der Waals surface area contributed by atoms with Gasteiger partial charge in [-0.05, 0) is 37.7 Å². The third-order valence-electron chi connectivity index (χ3n) is 4.53. The van der Waals surface area contributed by atoms with Crippen LogP contribution in [0.4, 0.5) is 5.95 Å². The molecule has 0 spiro atoms. The molecular weight excluding hydrogens is 314 g/mol. The summed E-state index contributed by atoms with van der Waals surface area (Å²) in [6.07, 6.45) is 7.26. The number of aromatic nitrogens is 2. The molecule has 7 nitrogen and oxygen atoms in total. The van der Waals surface area contributed by atoms with Gasteiger partial charge in [-0.15, -0.1) is 0 Å². The monoisotopic (exact) mass is 339 g/mol. The van der Waals surface area contributed by atoms with Crippen molar-refractivity contribution in [1.82, 2.24) is 19.0 Å². The Hall–Kier alpha value is -1.25. The van der Waals surface area contributed by atoms with E-state index >= 15 is 0 Å². The molecule has 2 fully saturated rings. The van der Waals surface area contributed by atoms with E-state index in [1.807, 2.05) is 0 Å². The second kappa shape index (κ2) is 7.11. The molecule has 128 valence electrons. The van der Waals surface area contributed by atoms with Gasteiger partial charge < -0.3 is 4.90 Å². The Bertz CT molecular complexity index is 610. The van der Waals surface area contributed by atoms with Crippen molar-refractivity contribution in [1.29, 1.82) is 0 Å². The Morgan fingerprint density at radius 3 is 2.61 bits per heavy atom. The molecular formula is C15H25N5O2S. The first kappa shape index (κ1) is 16.6. The van der Waals surface area contributed by atoms with E-state index in [-0.39, 0.29) is 6.04 Å². The molecule has 0 aromatic carbocycles. The first-order chi connectivity index (χ1) is 11.0. The summed E-state index contributed by atoms with van der Waals surface area (Å²) in [6.45, 7) is 4.83. The molecule has 1 aromatic rings. The fourth-order valence-electron chi connectivity index (χ4n) is 3.36. The maximum absolute atomic E-state index is 12.6. The predicted molar refractivity (Wildman–Crippen MR) is 89.3 cm³/mol. The van der Waals surface area contributed by atoms with Gasteiger partial charge in [0.25, 0.3) is 10.2 Å². The molecule has 2 saturated heterocycles. The van der Waals surface area contributed by atoms with E-state index in [1.54, 1.807) is 22.8 Å². The quantitative estimate of drug-likeness (QED) is 0.886. The predicted octanol–water partition coefficient (Wildman–Crippen LogP) is 1.01. The van der Waals surface area contributed by atoms with Crippen LogP contribution in [0.2, 0.25) is 0 Å². The molecule has 0 aliphatic carbocycles. The minimum absolute atomic E-state index is 0.0882. The summed E-state index contributed by atoms with van der Waals surface area (Å²) in [4.78, 5) is 10.6. The van der Waals surface area contributed by atoms with E-state index in [2.05, 4.69) is 26.5 Å². The van der Waals surface area contributed by atoms with Crippen LogP contribution in [-0.4, -0.2) is 54.9 Å². The van der Waals surface area contributed by atoms with Crippen LogP contribution in [0.1, 0.15) is 32.6 Å². The zero-order chi connectivity index (χ0) is 16.3. The lowest BCUT2D eigenvalue weighted by molar-refractivity contribution is 0.275. The fourth-order valence-corrected chi connectivity index (χ4v) is 4.94. The Morgan fingerprint density at radius 1 is 1.13 bits per heavy atom. The summed E-state index contributed by atoms with van der Waals surface area (Å²) in [5.74, 6) is 1.10. The van der Waals surface area contributed by atoms with Crippen LogP contribution in [0.15, 0.2) is 18.5 Å². The van der Waals surface area contributed by atoms with Gasteiger partial charge in [-0.1, -0.05) is 6.92 Å². The highest BCUT2D eigenvalue weighted by atomic mass is 32.2. The summed E-state index contributed by atoms with van der Waals surface area (Å²) >= 11 is 0. The molecule has 0 amide bonds. The highest BCUT2D eigenvalue weighted by Gasteiger charge is 2.31. The largest absolute Gasteiger partial charge is 0.339 e. The maximum Gasteiger partial charge on any atom is 0.279 e. The zero-order valence-corrected chi connectivity index (χ0v) is 14.4. The highest BCUT2D eigenvalue weighted by molar-refractivity contribution is 7.87. The minimum Gasteiger partial charge on any atom is -0.339 e. The van der Waals surface area contributed by atoms with Crippen molar-refractivity contribution in [2.24, 2.45) is 5.92 Å². The van der Waals surface area contributed by atoms with E-state index in [9.17, 15) is 8.42 Å². The zero-order valence-electron chi connectivity index (χ0n) is 13.6. The lowest BCUT2D eigenvalue weighted by atomic mass is 10.0. The number of anilines is 1. The molecule has 2 aliphatic rings. The van der Waals surface area contributed by atoms with Crippen molar-refractivity contribution in [2.75, 3.05) is 31.1 Å². The summed E-state index contributed by atoms with van der Waals surface area (Å²) in [5, 5.41) is 0. The summed E-state index contributed by atoms with van der Waals surface area (Å²) in [5.41, 5.74) is 0. The number of hydrogen-bond acceptors (Lipinski definition) is 5. The first-order valence-corrected chi connectivity index (χ1v) is 9.78. The fraction of sp³-hybridized carbons (Fsp3) is 0.733. The van der Waals surface area contributed by atoms with E-state index in [1.165, 1.54) is 0 Å². The van der Waals surface area contributed by atoms with Gasteiger partial charge in [-0.3, -0.25) is 0 Å². The smallest absolute Gasteiger partial charge is 0.279 e. The second-order valence-electron chi connectivity index (χ2n) is 6.56. The van der Waals surface area contributed by atoms with Gasteiger partial charge in [0.2, 0.25) is 5.95 Å². The van der Waals surface area contributed by atoms with Crippen molar-refractivity contribution in [2.45, 2.75) is 38.6 Å². The van der Waals surface area contributed by atoms with Crippen molar-refractivity contribution < 1.29 is 8.42 Å². The van der Waals surface area contributed by atoms with Gasteiger partial charge in [0.15, 0.2) is 0 Å². The number of hydrogen-bond donors (Lipinski definition) is 1. The van der Waals surface area contributed by atoms with Gasteiger partial charge in [-0.2, -0.15) is 17.4 Å². The van der Waals surface area contributed by atoms with Crippen molar-refractivity contribution in [3.8, 4) is 0 Å². The topological polar surface area (TPSA) is 78.4 Å². The molecule has 0 bridgehead atoms. The van der Waals surface area contributed by atoms with E-state index < -0.39 is 10.2 Å². The average molecular weight is 339 g/mol. The molecule has 3 heterocycles. The molecule has 2 atom stereocenters. The SMILES string of the molecule is C[C@H]1CCCN(S(=O)(=O)N[C@@H]2CCCN(c3ncccn3)C2)C1. The van der Waals surface area contributed by atoms with Gasteiger partial charge in [-0.25, -0.2) is 9.97 Å². The molecule has 0 saturated carbocycles. The summed E-state index contributed by atoms with van der Waals surface area (Å²) in [6, 6.07) is 1.69. The Labute approximate surface area is 138 Å². The molecule has 23 heavy (non-hydrogen) atoms.